The van der Waals surface area contributed by atoms with Crippen LogP contribution in [0.15, 0.2) is 29.8 Å². The van der Waals surface area contributed by atoms with E-state index in [-0.39, 0.29) is 6.61 Å². The lowest BCUT2D eigenvalue weighted by atomic mass is 9.99. The number of allylic oxidation sites excluding steroid dienone is 2. The zero-order valence-corrected chi connectivity index (χ0v) is 14.4. The van der Waals surface area contributed by atoms with E-state index in [2.05, 4.69) is 0 Å². The third-order valence-electron chi connectivity index (χ3n) is 4.13. The average molecular weight is 354 g/mol. The first-order valence-corrected chi connectivity index (χ1v) is 8.20. The fraction of sp³-hybridized carbons (Fsp3) is 0.556. The van der Waals surface area contributed by atoms with Gasteiger partial charge in [-0.2, -0.15) is 0 Å². The van der Waals surface area contributed by atoms with Gasteiger partial charge in [-0.15, -0.1) is 0 Å². The Bertz CT molecular complexity index is 595. The molecule has 5 N–H and O–H groups in total. The molecule has 0 amide bonds. The summed E-state index contributed by atoms with van der Waals surface area (Å²) in [6, 6.07) is 5.13. The fourth-order valence-electron chi connectivity index (χ4n) is 2.61. The highest BCUT2D eigenvalue weighted by Crippen LogP contribution is 2.28. The Labute approximate surface area is 146 Å². The molecular formula is C18H26O7. The quantitative estimate of drug-likeness (QED) is 0.451. The van der Waals surface area contributed by atoms with Crippen LogP contribution in [0.5, 0.6) is 5.75 Å². The summed E-state index contributed by atoms with van der Waals surface area (Å²) in [7, 11) is 0. The van der Waals surface area contributed by atoms with Gasteiger partial charge in [0.25, 0.3) is 0 Å². The van der Waals surface area contributed by atoms with Gasteiger partial charge in [0.05, 0.1) is 13.2 Å². The standard InChI is InChI=1S/C18H26O7/c1-10(2)3-5-12-7-11(8-19)4-6-13(12)24-18-17(23)16(22)15(21)14(9-20)25-18/h3-4,6-7,14-23H,5,8-9H2,1-2H3/t14-,15-,16+,17+,18-/m1/s1. The third kappa shape index (κ3) is 4.78. The van der Waals surface area contributed by atoms with E-state index in [4.69, 9.17) is 9.47 Å². The molecule has 2 rings (SSSR count). The number of rotatable bonds is 6. The van der Waals surface area contributed by atoms with Crippen molar-refractivity contribution in [1.82, 2.24) is 0 Å². The molecule has 5 atom stereocenters. The van der Waals surface area contributed by atoms with E-state index >= 15 is 0 Å². The third-order valence-corrected chi connectivity index (χ3v) is 4.13. The summed E-state index contributed by atoms with van der Waals surface area (Å²) < 4.78 is 11.1. The summed E-state index contributed by atoms with van der Waals surface area (Å²) in [5.41, 5.74) is 2.62. The van der Waals surface area contributed by atoms with E-state index in [0.717, 1.165) is 16.7 Å². The Hall–Kier alpha value is -1.48. The predicted molar refractivity (Wildman–Crippen MR) is 89.9 cm³/mol. The smallest absolute Gasteiger partial charge is 0.229 e. The molecule has 7 heteroatoms. The van der Waals surface area contributed by atoms with Crippen LogP contribution in [0.2, 0.25) is 0 Å². The minimum atomic E-state index is -1.49. The summed E-state index contributed by atoms with van der Waals surface area (Å²) in [6.45, 7) is 3.31. The molecule has 0 spiro atoms. The van der Waals surface area contributed by atoms with Crippen LogP contribution >= 0.6 is 0 Å². The van der Waals surface area contributed by atoms with Crippen molar-refractivity contribution in [3.05, 3.63) is 41.0 Å². The van der Waals surface area contributed by atoms with Crippen LogP contribution in [0.25, 0.3) is 0 Å². The lowest BCUT2D eigenvalue weighted by Crippen LogP contribution is -2.60. The second-order valence-corrected chi connectivity index (χ2v) is 6.40. The maximum absolute atomic E-state index is 10.1. The largest absolute Gasteiger partial charge is 0.462 e. The summed E-state index contributed by atoms with van der Waals surface area (Å²) in [4.78, 5) is 0. The minimum absolute atomic E-state index is 0.109. The topological polar surface area (TPSA) is 120 Å². The molecule has 1 heterocycles. The molecule has 1 aliphatic rings. The molecule has 7 nitrogen and oxygen atoms in total. The molecule has 1 aromatic rings. The molecule has 0 bridgehead atoms. The van der Waals surface area contributed by atoms with E-state index in [9.17, 15) is 25.5 Å². The van der Waals surface area contributed by atoms with Gasteiger partial charge in [0.15, 0.2) is 0 Å². The predicted octanol–water partition coefficient (Wildman–Crippen LogP) is -0.134. The first-order valence-electron chi connectivity index (χ1n) is 8.20. The number of ether oxygens (including phenoxy) is 2. The van der Waals surface area contributed by atoms with E-state index in [0.29, 0.717) is 12.2 Å². The lowest BCUT2D eigenvalue weighted by Gasteiger charge is -2.39. The maximum atomic E-state index is 10.1. The molecule has 1 fully saturated rings. The zero-order chi connectivity index (χ0) is 18.6. The number of hydrogen-bond donors (Lipinski definition) is 5. The Morgan fingerprint density at radius 3 is 2.44 bits per heavy atom. The second kappa shape index (κ2) is 8.75. The van der Waals surface area contributed by atoms with Crippen molar-refractivity contribution in [2.75, 3.05) is 6.61 Å². The normalized spacial score (nSPS) is 29.3. The highest BCUT2D eigenvalue weighted by Gasteiger charge is 2.44. The molecule has 1 saturated heterocycles. The van der Waals surface area contributed by atoms with Crippen molar-refractivity contribution in [3.8, 4) is 5.75 Å². The number of benzene rings is 1. The number of aliphatic hydroxyl groups excluding tert-OH is 5. The first kappa shape index (κ1) is 19.8. The fourth-order valence-corrected chi connectivity index (χ4v) is 2.61. The monoisotopic (exact) mass is 354 g/mol. The second-order valence-electron chi connectivity index (χ2n) is 6.40. The van der Waals surface area contributed by atoms with Gasteiger partial charge in [0, 0.05) is 0 Å². The molecule has 0 radical (unpaired) electrons. The lowest BCUT2D eigenvalue weighted by molar-refractivity contribution is -0.277. The highest BCUT2D eigenvalue weighted by atomic mass is 16.7. The SMILES string of the molecule is CC(C)=CCc1cc(CO)ccc1O[C@@H]1O[C@H](CO)[C@@H](O)[C@H](O)[C@@H]1O. The molecule has 0 aromatic heterocycles. The molecule has 1 aliphatic heterocycles. The van der Waals surface area contributed by atoms with Gasteiger partial charge < -0.3 is 35.0 Å². The summed E-state index contributed by atoms with van der Waals surface area (Å²) >= 11 is 0. The minimum Gasteiger partial charge on any atom is -0.462 e. The zero-order valence-electron chi connectivity index (χ0n) is 14.4. The van der Waals surface area contributed by atoms with E-state index in [1.165, 1.54) is 0 Å². The molecule has 1 aromatic carbocycles. The van der Waals surface area contributed by atoms with Crippen molar-refractivity contribution in [3.63, 3.8) is 0 Å². The summed E-state index contributed by atoms with van der Waals surface area (Å²) in [5, 5.41) is 48.3. The Kier molecular flexibility index (Phi) is 6.95. The number of hydrogen-bond acceptors (Lipinski definition) is 7. The average Bonchev–Trinajstić information content (AvgIpc) is 2.61. The molecule has 0 saturated carbocycles. The van der Waals surface area contributed by atoms with Crippen molar-refractivity contribution in [2.45, 2.75) is 57.6 Å². The van der Waals surface area contributed by atoms with Gasteiger partial charge in [-0.05, 0) is 43.5 Å². The summed E-state index contributed by atoms with van der Waals surface area (Å²) in [6.07, 6.45) is -4.09. The van der Waals surface area contributed by atoms with Crippen molar-refractivity contribution in [2.24, 2.45) is 0 Å². The van der Waals surface area contributed by atoms with Crippen LogP contribution in [0, 0.1) is 0 Å². The van der Waals surface area contributed by atoms with Gasteiger partial charge >= 0.3 is 0 Å². The van der Waals surface area contributed by atoms with Crippen LogP contribution in [0.1, 0.15) is 25.0 Å². The van der Waals surface area contributed by atoms with Crippen molar-refractivity contribution in [1.29, 1.82) is 0 Å². The highest BCUT2D eigenvalue weighted by molar-refractivity contribution is 5.39. The van der Waals surface area contributed by atoms with Crippen molar-refractivity contribution >= 4 is 0 Å². The molecule has 0 unspecified atom stereocenters. The Balaban J connectivity index is 2.24. The summed E-state index contributed by atoms with van der Waals surface area (Å²) in [5.74, 6) is 0.430. The maximum Gasteiger partial charge on any atom is 0.229 e. The number of aliphatic hydroxyl groups is 5. The van der Waals surface area contributed by atoms with Crippen LogP contribution in [-0.4, -0.2) is 62.8 Å². The van der Waals surface area contributed by atoms with Crippen molar-refractivity contribution < 1.29 is 35.0 Å². The van der Waals surface area contributed by atoms with E-state index in [1.54, 1.807) is 18.2 Å². The molecule has 25 heavy (non-hydrogen) atoms. The van der Waals surface area contributed by atoms with Gasteiger partial charge in [0.1, 0.15) is 30.2 Å². The van der Waals surface area contributed by atoms with E-state index in [1.807, 2.05) is 19.9 Å². The molecule has 140 valence electrons. The first-order chi connectivity index (χ1) is 11.9. The van der Waals surface area contributed by atoms with E-state index < -0.39 is 37.3 Å². The van der Waals surface area contributed by atoms with Gasteiger partial charge in [-0.3, -0.25) is 0 Å². The molecular weight excluding hydrogens is 328 g/mol. The van der Waals surface area contributed by atoms with Gasteiger partial charge in [-0.1, -0.05) is 17.7 Å². The molecule has 0 aliphatic carbocycles. The van der Waals surface area contributed by atoms with Gasteiger partial charge in [-0.25, -0.2) is 0 Å². The van der Waals surface area contributed by atoms with Crippen LogP contribution < -0.4 is 4.74 Å². The van der Waals surface area contributed by atoms with Crippen LogP contribution in [-0.2, 0) is 17.8 Å². The van der Waals surface area contributed by atoms with Crippen LogP contribution in [0.4, 0.5) is 0 Å². The Morgan fingerprint density at radius 1 is 1.12 bits per heavy atom. The van der Waals surface area contributed by atoms with Gasteiger partial charge in [0.2, 0.25) is 6.29 Å². The van der Waals surface area contributed by atoms with Crippen LogP contribution in [0.3, 0.4) is 0 Å². The Morgan fingerprint density at radius 2 is 1.84 bits per heavy atom.